The van der Waals surface area contributed by atoms with Gasteiger partial charge in [0.1, 0.15) is 17.5 Å². The molecule has 0 saturated carbocycles. The topological polar surface area (TPSA) is 46.2 Å². The van der Waals surface area contributed by atoms with Crippen LogP contribution in [0.2, 0.25) is 5.02 Å². The van der Waals surface area contributed by atoms with E-state index in [-0.39, 0.29) is 22.7 Å². The lowest BCUT2D eigenvalue weighted by molar-refractivity contribution is 0.147. The zero-order valence-corrected chi connectivity index (χ0v) is 11.6. The first kappa shape index (κ1) is 15.8. The smallest absolute Gasteiger partial charge is 0.142 e. The maximum Gasteiger partial charge on any atom is 0.142 e. The molecular weight excluding hydrogens is 303 g/mol. The number of aliphatic hydroxyl groups is 1. The van der Waals surface area contributed by atoms with Gasteiger partial charge in [0, 0.05) is 24.1 Å². The van der Waals surface area contributed by atoms with Crippen LogP contribution in [-0.2, 0) is 0 Å². The normalized spacial score (nSPS) is 14.0. The van der Waals surface area contributed by atoms with E-state index in [0.717, 1.165) is 24.3 Å². The Bertz CT molecular complexity index is 631. The summed E-state index contributed by atoms with van der Waals surface area (Å²) in [6, 6.07) is 6.86. The lowest BCUT2D eigenvalue weighted by Gasteiger charge is -2.23. The Labute approximate surface area is 125 Å². The minimum Gasteiger partial charge on any atom is -0.388 e. The second-order valence-corrected chi connectivity index (χ2v) is 5.01. The second kappa shape index (κ2) is 6.47. The average Bonchev–Trinajstić information content (AvgIpc) is 2.41. The molecule has 2 atom stereocenters. The highest BCUT2D eigenvalue weighted by atomic mass is 35.5. The van der Waals surface area contributed by atoms with Crippen molar-refractivity contribution in [2.24, 2.45) is 5.73 Å². The van der Waals surface area contributed by atoms with Crippen LogP contribution in [0.1, 0.15) is 23.1 Å². The Morgan fingerprint density at radius 3 is 2.29 bits per heavy atom. The van der Waals surface area contributed by atoms with Crippen molar-refractivity contribution in [2.75, 3.05) is 6.54 Å². The van der Waals surface area contributed by atoms with Crippen LogP contribution in [0.15, 0.2) is 36.4 Å². The van der Waals surface area contributed by atoms with Crippen molar-refractivity contribution in [1.29, 1.82) is 0 Å². The van der Waals surface area contributed by atoms with Gasteiger partial charge in [-0.2, -0.15) is 0 Å². The molecule has 2 aromatic carbocycles. The van der Waals surface area contributed by atoms with Crippen LogP contribution in [0.3, 0.4) is 0 Å². The fourth-order valence-electron chi connectivity index (χ4n) is 2.20. The zero-order valence-electron chi connectivity index (χ0n) is 10.9. The number of rotatable bonds is 4. The van der Waals surface area contributed by atoms with E-state index in [1.54, 1.807) is 0 Å². The molecule has 0 aliphatic heterocycles. The highest BCUT2D eigenvalue weighted by Crippen LogP contribution is 2.35. The third kappa shape index (κ3) is 3.37. The van der Waals surface area contributed by atoms with Gasteiger partial charge in [-0.25, -0.2) is 13.2 Å². The first-order valence-electron chi connectivity index (χ1n) is 6.22. The van der Waals surface area contributed by atoms with Crippen molar-refractivity contribution < 1.29 is 18.3 Å². The minimum absolute atomic E-state index is 0.0864. The summed E-state index contributed by atoms with van der Waals surface area (Å²) in [6.45, 7) is -0.0864. The molecular formula is C15H13ClF3NO. The maximum absolute atomic E-state index is 13.4. The van der Waals surface area contributed by atoms with Crippen LogP contribution < -0.4 is 5.73 Å². The predicted molar refractivity (Wildman–Crippen MR) is 74.5 cm³/mol. The lowest BCUT2D eigenvalue weighted by Crippen LogP contribution is -2.21. The molecule has 0 spiro atoms. The zero-order chi connectivity index (χ0) is 15.6. The van der Waals surface area contributed by atoms with E-state index in [1.165, 1.54) is 12.1 Å². The third-order valence-corrected chi connectivity index (χ3v) is 3.65. The molecule has 2 nitrogen and oxygen atoms in total. The molecule has 0 amide bonds. The lowest BCUT2D eigenvalue weighted by atomic mass is 9.89. The van der Waals surface area contributed by atoms with Gasteiger partial charge in [0.25, 0.3) is 0 Å². The Morgan fingerprint density at radius 2 is 1.71 bits per heavy atom. The van der Waals surface area contributed by atoms with Gasteiger partial charge in [-0.05, 0) is 23.8 Å². The van der Waals surface area contributed by atoms with Gasteiger partial charge in [-0.1, -0.05) is 23.7 Å². The second-order valence-electron chi connectivity index (χ2n) is 4.63. The van der Waals surface area contributed by atoms with Gasteiger partial charge in [0.2, 0.25) is 0 Å². The van der Waals surface area contributed by atoms with Crippen molar-refractivity contribution in [2.45, 2.75) is 12.0 Å². The highest BCUT2D eigenvalue weighted by molar-refractivity contribution is 6.31. The van der Waals surface area contributed by atoms with E-state index in [0.29, 0.717) is 0 Å². The number of hydrogen-bond donors (Lipinski definition) is 2. The van der Waals surface area contributed by atoms with Gasteiger partial charge >= 0.3 is 0 Å². The Balaban J connectivity index is 2.43. The van der Waals surface area contributed by atoms with E-state index in [4.69, 9.17) is 17.3 Å². The molecule has 0 radical (unpaired) electrons. The van der Waals surface area contributed by atoms with Gasteiger partial charge < -0.3 is 10.8 Å². The Hall–Kier alpha value is -1.56. The molecule has 0 aliphatic carbocycles. The fourth-order valence-corrected chi connectivity index (χ4v) is 2.44. The van der Waals surface area contributed by atoms with Crippen molar-refractivity contribution in [3.05, 3.63) is 70.0 Å². The summed E-state index contributed by atoms with van der Waals surface area (Å²) in [5.41, 5.74) is 5.89. The first-order valence-corrected chi connectivity index (χ1v) is 6.60. The number of halogens is 4. The van der Waals surface area contributed by atoms with Crippen molar-refractivity contribution in [1.82, 2.24) is 0 Å². The number of nitrogens with two attached hydrogens (primary N) is 1. The molecule has 0 aromatic heterocycles. The molecule has 2 rings (SSSR count). The molecule has 0 saturated heterocycles. The van der Waals surface area contributed by atoms with Gasteiger partial charge in [-0.3, -0.25) is 0 Å². The maximum atomic E-state index is 13.4. The molecule has 0 fully saturated rings. The summed E-state index contributed by atoms with van der Waals surface area (Å²) in [7, 11) is 0. The molecule has 0 bridgehead atoms. The number of hydrogen-bond acceptors (Lipinski definition) is 2. The summed E-state index contributed by atoms with van der Waals surface area (Å²) in [5.74, 6) is -3.05. The molecule has 2 unspecified atom stereocenters. The van der Waals surface area contributed by atoms with Gasteiger partial charge in [0.05, 0.1) is 11.1 Å². The predicted octanol–water partition coefficient (Wildman–Crippen LogP) is 3.53. The average molecular weight is 316 g/mol. The van der Waals surface area contributed by atoms with Gasteiger partial charge in [-0.15, -0.1) is 0 Å². The standard InChI is InChI=1S/C15H13ClF3NO/c16-14-11(2-1-3-13(14)19)15(21)12(7-20)8-4-9(17)6-10(18)5-8/h1-6,12,15,21H,7,20H2. The van der Waals surface area contributed by atoms with Crippen LogP contribution in [0.5, 0.6) is 0 Å². The fraction of sp³-hybridized carbons (Fsp3) is 0.200. The summed E-state index contributed by atoms with van der Waals surface area (Å²) < 4.78 is 40.0. The highest BCUT2D eigenvalue weighted by Gasteiger charge is 2.25. The number of aliphatic hydroxyl groups excluding tert-OH is 1. The minimum atomic E-state index is -1.28. The van der Waals surface area contributed by atoms with Crippen LogP contribution in [-0.4, -0.2) is 11.7 Å². The third-order valence-electron chi connectivity index (χ3n) is 3.25. The monoisotopic (exact) mass is 315 g/mol. The van der Waals surface area contributed by atoms with E-state index in [1.807, 2.05) is 0 Å². The molecule has 21 heavy (non-hydrogen) atoms. The Morgan fingerprint density at radius 1 is 1.10 bits per heavy atom. The largest absolute Gasteiger partial charge is 0.388 e. The SMILES string of the molecule is NCC(c1cc(F)cc(F)c1)C(O)c1cccc(F)c1Cl. The van der Waals surface area contributed by atoms with Crippen LogP contribution in [0.25, 0.3) is 0 Å². The van der Waals surface area contributed by atoms with Crippen LogP contribution >= 0.6 is 11.6 Å². The molecule has 6 heteroatoms. The molecule has 0 aliphatic rings. The van der Waals surface area contributed by atoms with Crippen LogP contribution in [0.4, 0.5) is 13.2 Å². The summed E-state index contributed by atoms with van der Waals surface area (Å²) >= 11 is 5.82. The van der Waals surface area contributed by atoms with E-state index in [2.05, 4.69) is 0 Å². The van der Waals surface area contributed by atoms with Crippen LogP contribution in [0, 0.1) is 17.5 Å². The summed E-state index contributed by atoms with van der Waals surface area (Å²) in [4.78, 5) is 0. The number of benzene rings is 2. The van der Waals surface area contributed by atoms with E-state index in [9.17, 15) is 18.3 Å². The van der Waals surface area contributed by atoms with Crippen molar-refractivity contribution in [3.63, 3.8) is 0 Å². The summed E-state index contributed by atoms with van der Waals surface area (Å²) in [6.07, 6.45) is -1.28. The molecule has 3 N–H and O–H groups in total. The van der Waals surface area contributed by atoms with Crippen molar-refractivity contribution in [3.8, 4) is 0 Å². The molecule has 2 aromatic rings. The van der Waals surface area contributed by atoms with Gasteiger partial charge in [0.15, 0.2) is 0 Å². The first-order chi connectivity index (χ1) is 9.93. The Kier molecular flexibility index (Phi) is 4.88. The quantitative estimate of drug-likeness (QED) is 0.906. The summed E-state index contributed by atoms with van der Waals surface area (Å²) in [5, 5.41) is 10.1. The van der Waals surface area contributed by atoms with E-state index < -0.39 is 29.5 Å². The molecule has 0 heterocycles. The van der Waals surface area contributed by atoms with Crippen molar-refractivity contribution >= 4 is 11.6 Å². The van der Waals surface area contributed by atoms with E-state index >= 15 is 0 Å². The molecule has 112 valence electrons.